The number of aliphatic hydroxyl groups excluding tert-OH is 1. The van der Waals surface area contributed by atoms with Crippen LogP contribution in [-0.2, 0) is 0 Å². The first-order valence-electron chi connectivity index (χ1n) is 5.72. The van der Waals surface area contributed by atoms with Gasteiger partial charge in [-0.25, -0.2) is 0 Å². The van der Waals surface area contributed by atoms with Crippen molar-refractivity contribution in [2.75, 3.05) is 0 Å². The van der Waals surface area contributed by atoms with E-state index in [-0.39, 0.29) is 11.5 Å². The van der Waals surface area contributed by atoms with E-state index in [0.717, 1.165) is 24.1 Å². The molecule has 1 fully saturated rings. The fourth-order valence-corrected chi connectivity index (χ4v) is 2.50. The monoisotopic (exact) mass is 205 g/mol. The third kappa shape index (κ3) is 2.05. The minimum Gasteiger partial charge on any atom is -0.388 e. The lowest BCUT2D eigenvalue weighted by atomic mass is 9.80. The standard InChI is InChI=1S/C13H19NO/c1-10-5-6-11(9-14-10)12(15)13(2)7-3-4-8-13/h5-6,9,12,15H,3-4,7-8H2,1-2H3. The maximum Gasteiger partial charge on any atom is 0.0858 e. The first kappa shape index (κ1) is 10.6. The molecule has 1 N–H and O–H groups in total. The van der Waals surface area contributed by atoms with Gasteiger partial charge in [-0.3, -0.25) is 4.98 Å². The summed E-state index contributed by atoms with van der Waals surface area (Å²) in [7, 11) is 0. The summed E-state index contributed by atoms with van der Waals surface area (Å²) in [5, 5.41) is 10.3. The summed E-state index contributed by atoms with van der Waals surface area (Å²) in [5.74, 6) is 0. The van der Waals surface area contributed by atoms with Crippen LogP contribution in [0.1, 0.15) is 50.0 Å². The summed E-state index contributed by atoms with van der Waals surface area (Å²) >= 11 is 0. The topological polar surface area (TPSA) is 33.1 Å². The van der Waals surface area contributed by atoms with Crippen LogP contribution in [0, 0.1) is 12.3 Å². The number of aromatic nitrogens is 1. The number of nitrogens with zero attached hydrogens (tertiary/aromatic N) is 1. The van der Waals surface area contributed by atoms with Gasteiger partial charge in [0.05, 0.1) is 6.10 Å². The minimum absolute atomic E-state index is 0.0664. The zero-order chi connectivity index (χ0) is 10.9. The molecule has 0 radical (unpaired) electrons. The van der Waals surface area contributed by atoms with E-state index in [2.05, 4.69) is 11.9 Å². The Morgan fingerprint density at radius 3 is 2.53 bits per heavy atom. The molecule has 82 valence electrons. The van der Waals surface area contributed by atoms with Crippen molar-refractivity contribution in [3.8, 4) is 0 Å². The van der Waals surface area contributed by atoms with Gasteiger partial charge in [0.15, 0.2) is 0 Å². The molecule has 0 aliphatic heterocycles. The molecule has 1 aromatic heterocycles. The summed E-state index contributed by atoms with van der Waals surface area (Å²) in [6.07, 6.45) is 6.20. The Kier molecular flexibility index (Phi) is 2.79. The molecule has 0 saturated heterocycles. The smallest absolute Gasteiger partial charge is 0.0858 e. The third-order valence-electron chi connectivity index (χ3n) is 3.66. The minimum atomic E-state index is -0.354. The predicted molar refractivity (Wildman–Crippen MR) is 60.5 cm³/mol. The number of aliphatic hydroxyl groups is 1. The van der Waals surface area contributed by atoms with E-state index in [1.807, 2.05) is 25.3 Å². The highest BCUT2D eigenvalue weighted by atomic mass is 16.3. The average Bonchev–Trinajstić information content (AvgIpc) is 2.67. The number of pyridine rings is 1. The molecule has 1 unspecified atom stereocenters. The molecular formula is C13H19NO. The molecule has 0 bridgehead atoms. The number of aryl methyl sites for hydroxylation is 1. The third-order valence-corrected chi connectivity index (χ3v) is 3.66. The quantitative estimate of drug-likeness (QED) is 0.805. The van der Waals surface area contributed by atoms with E-state index in [1.54, 1.807) is 0 Å². The molecule has 1 heterocycles. The van der Waals surface area contributed by atoms with Crippen molar-refractivity contribution in [3.05, 3.63) is 29.6 Å². The van der Waals surface area contributed by atoms with Gasteiger partial charge in [0.1, 0.15) is 0 Å². The molecule has 0 spiro atoms. The van der Waals surface area contributed by atoms with Gasteiger partial charge in [0.25, 0.3) is 0 Å². The number of hydrogen-bond donors (Lipinski definition) is 1. The molecule has 15 heavy (non-hydrogen) atoms. The van der Waals surface area contributed by atoms with Crippen LogP contribution in [0.4, 0.5) is 0 Å². The van der Waals surface area contributed by atoms with Gasteiger partial charge in [-0.2, -0.15) is 0 Å². The van der Waals surface area contributed by atoms with Crippen LogP contribution in [0.2, 0.25) is 0 Å². The fraction of sp³-hybridized carbons (Fsp3) is 0.615. The highest BCUT2D eigenvalue weighted by Crippen LogP contribution is 2.46. The lowest BCUT2D eigenvalue weighted by molar-refractivity contribution is 0.0405. The van der Waals surface area contributed by atoms with E-state index in [9.17, 15) is 5.11 Å². The Hall–Kier alpha value is -0.890. The first-order chi connectivity index (χ1) is 7.12. The van der Waals surface area contributed by atoms with Gasteiger partial charge in [-0.05, 0) is 36.8 Å². The van der Waals surface area contributed by atoms with Crippen LogP contribution in [0.3, 0.4) is 0 Å². The van der Waals surface area contributed by atoms with Gasteiger partial charge in [-0.1, -0.05) is 25.8 Å². The van der Waals surface area contributed by atoms with Crippen molar-refractivity contribution in [2.45, 2.75) is 45.6 Å². The average molecular weight is 205 g/mol. The van der Waals surface area contributed by atoms with E-state index in [4.69, 9.17) is 0 Å². The van der Waals surface area contributed by atoms with Gasteiger partial charge in [0.2, 0.25) is 0 Å². The fourth-order valence-electron chi connectivity index (χ4n) is 2.50. The summed E-state index contributed by atoms with van der Waals surface area (Å²) in [4.78, 5) is 4.24. The van der Waals surface area contributed by atoms with Crippen molar-refractivity contribution < 1.29 is 5.11 Å². The predicted octanol–water partition coefficient (Wildman–Crippen LogP) is 3.00. The highest BCUT2D eigenvalue weighted by Gasteiger charge is 2.36. The molecule has 0 aromatic carbocycles. The molecule has 1 aliphatic carbocycles. The summed E-state index contributed by atoms with van der Waals surface area (Å²) < 4.78 is 0. The Balaban J connectivity index is 2.19. The summed E-state index contributed by atoms with van der Waals surface area (Å²) in [5.41, 5.74) is 2.03. The van der Waals surface area contributed by atoms with Crippen LogP contribution in [0.15, 0.2) is 18.3 Å². The maximum atomic E-state index is 10.3. The van der Waals surface area contributed by atoms with Crippen LogP contribution < -0.4 is 0 Å². The Labute approximate surface area is 91.4 Å². The molecular weight excluding hydrogens is 186 g/mol. The second kappa shape index (κ2) is 3.93. The van der Waals surface area contributed by atoms with Gasteiger partial charge in [0, 0.05) is 11.9 Å². The molecule has 1 aliphatic rings. The summed E-state index contributed by atoms with van der Waals surface area (Å²) in [6.45, 7) is 4.15. The zero-order valence-corrected chi connectivity index (χ0v) is 9.53. The lowest BCUT2D eigenvalue weighted by Gasteiger charge is -2.30. The SMILES string of the molecule is Cc1ccc(C(O)C2(C)CCCC2)cn1. The van der Waals surface area contributed by atoms with E-state index < -0.39 is 0 Å². The molecule has 0 amide bonds. The van der Waals surface area contributed by atoms with Crippen LogP contribution in [0.5, 0.6) is 0 Å². The van der Waals surface area contributed by atoms with Gasteiger partial charge >= 0.3 is 0 Å². The van der Waals surface area contributed by atoms with Crippen molar-refractivity contribution >= 4 is 0 Å². The molecule has 2 rings (SSSR count). The van der Waals surface area contributed by atoms with Crippen molar-refractivity contribution in [1.29, 1.82) is 0 Å². The Bertz CT molecular complexity index is 325. The van der Waals surface area contributed by atoms with E-state index in [1.165, 1.54) is 12.8 Å². The zero-order valence-electron chi connectivity index (χ0n) is 9.53. The Morgan fingerprint density at radius 2 is 2.00 bits per heavy atom. The van der Waals surface area contributed by atoms with Crippen LogP contribution >= 0.6 is 0 Å². The van der Waals surface area contributed by atoms with Crippen LogP contribution in [-0.4, -0.2) is 10.1 Å². The maximum absolute atomic E-state index is 10.3. The van der Waals surface area contributed by atoms with Crippen molar-refractivity contribution in [3.63, 3.8) is 0 Å². The molecule has 1 saturated carbocycles. The normalized spacial score (nSPS) is 21.5. The second-order valence-electron chi connectivity index (χ2n) is 5.00. The second-order valence-corrected chi connectivity index (χ2v) is 5.00. The van der Waals surface area contributed by atoms with Crippen molar-refractivity contribution in [2.24, 2.45) is 5.41 Å². The Morgan fingerprint density at radius 1 is 1.33 bits per heavy atom. The lowest BCUT2D eigenvalue weighted by Crippen LogP contribution is -2.22. The first-order valence-corrected chi connectivity index (χ1v) is 5.72. The summed E-state index contributed by atoms with van der Waals surface area (Å²) in [6, 6.07) is 3.97. The van der Waals surface area contributed by atoms with Gasteiger partial charge < -0.3 is 5.11 Å². The molecule has 2 nitrogen and oxygen atoms in total. The van der Waals surface area contributed by atoms with Gasteiger partial charge in [-0.15, -0.1) is 0 Å². The highest BCUT2D eigenvalue weighted by molar-refractivity contribution is 5.18. The molecule has 2 heteroatoms. The molecule has 1 aromatic rings. The number of rotatable bonds is 2. The van der Waals surface area contributed by atoms with E-state index in [0.29, 0.717) is 0 Å². The van der Waals surface area contributed by atoms with Crippen LogP contribution in [0.25, 0.3) is 0 Å². The van der Waals surface area contributed by atoms with E-state index >= 15 is 0 Å². The number of hydrogen-bond acceptors (Lipinski definition) is 2. The largest absolute Gasteiger partial charge is 0.388 e. The van der Waals surface area contributed by atoms with Crippen molar-refractivity contribution in [1.82, 2.24) is 4.98 Å². The molecule has 1 atom stereocenters.